The van der Waals surface area contributed by atoms with Gasteiger partial charge in [-0.3, -0.25) is 4.90 Å². The second kappa shape index (κ2) is 5.19. The van der Waals surface area contributed by atoms with E-state index in [1.54, 1.807) is 0 Å². The first-order valence-corrected chi connectivity index (χ1v) is 6.62. The van der Waals surface area contributed by atoms with Crippen LogP contribution in [-0.2, 0) is 6.54 Å². The second-order valence-electron chi connectivity index (χ2n) is 3.87. The highest BCUT2D eigenvalue weighted by Gasteiger charge is 2.16. The largest absolute Gasteiger partial charge is 0.296 e. The summed E-state index contributed by atoms with van der Waals surface area (Å²) in [6.07, 6.45) is 0. The lowest BCUT2D eigenvalue weighted by molar-refractivity contribution is 0.275. The molecule has 0 amide bonds. The van der Waals surface area contributed by atoms with E-state index in [0.29, 0.717) is 5.15 Å². The zero-order chi connectivity index (χ0) is 10.7. The Hall–Kier alpha value is -0.250. The Morgan fingerprint density at radius 2 is 2.47 bits per heavy atom. The highest BCUT2D eigenvalue weighted by molar-refractivity contribution is 7.99. The van der Waals surface area contributed by atoms with Crippen molar-refractivity contribution in [1.29, 1.82) is 0 Å². The summed E-state index contributed by atoms with van der Waals surface area (Å²) in [5.41, 5.74) is 1.07. The van der Waals surface area contributed by atoms with Gasteiger partial charge in [-0.1, -0.05) is 24.6 Å². The highest BCUT2D eigenvalue weighted by Crippen LogP contribution is 2.19. The van der Waals surface area contributed by atoms with Crippen molar-refractivity contribution in [2.75, 3.05) is 18.8 Å². The van der Waals surface area contributed by atoms with Crippen LogP contribution >= 0.6 is 23.4 Å². The third-order valence-electron chi connectivity index (χ3n) is 2.48. The van der Waals surface area contributed by atoms with E-state index in [1.165, 1.54) is 5.75 Å². The first kappa shape index (κ1) is 11.2. The van der Waals surface area contributed by atoms with Crippen LogP contribution in [0.15, 0.2) is 18.2 Å². The predicted octanol–water partition coefficient (Wildman–Crippen LogP) is 2.67. The van der Waals surface area contributed by atoms with Crippen LogP contribution in [0, 0.1) is 0 Å². The lowest BCUT2D eigenvalue weighted by Crippen LogP contribution is -2.36. The van der Waals surface area contributed by atoms with Gasteiger partial charge >= 0.3 is 0 Å². The van der Waals surface area contributed by atoms with Gasteiger partial charge in [0.05, 0.1) is 5.69 Å². The monoisotopic (exact) mass is 242 g/mol. The van der Waals surface area contributed by atoms with E-state index in [0.717, 1.165) is 30.6 Å². The van der Waals surface area contributed by atoms with Crippen LogP contribution < -0.4 is 0 Å². The molecule has 0 saturated carbocycles. The van der Waals surface area contributed by atoms with Crippen molar-refractivity contribution in [3.05, 3.63) is 29.0 Å². The Morgan fingerprint density at radius 3 is 3.20 bits per heavy atom. The molecule has 0 N–H and O–H groups in total. The summed E-state index contributed by atoms with van der Waals surface area (Å²) in [7, 11) is 0. The number of thioether (sulfide) groups is 1. The summed E-state index contributed by atoms with van der Waals surface area (Å²) in [6.45, 7) is 5.51. The molecule has 1 fully saturated rings. The molecule has 0 bridgehead atoms. The number of hydrogen-bond acceptors (Lipinski definition) is 3. The van der Waals surface area contributed by atoms with Gasteiger partial charge in [-0.2, -0.15) is 11.8 Å². The molecule has 1 atom stereocenters. The minimum absolute atomic E-state index is 0.590. The highest BCUT2D eigenvalue weighted by atomic mass is 35.5. The second-order valence-corrected chi connectivity index (χ2v) is 5.80. The van der Waals surface area contributed by atoms with Crippen molar-refractivity contribution in [2.24, 2.45) is 0 Å². The average molecular weight is 243 g/mol. The molecule has 2 heterocycles. The van der Waals surface area contributed by atoms with E-state index >= 15 is 0 Å². The molecule has 82 valence electrons. The first-order chi connectivity index (χ1) is 7.24. The molecular weight excluding hydrogens is 228 g/mol. The fourth-order valence-electron chi connectivity index (χ4n) is 1.80. The maximum Gasteiger partial charge on any atom is 0.129 e. The van der Waals surface area contributed by atoms with Crippen molar-refractivity contribution in [3.63, 3.8) is 0 Å². The Balaban J connectivity index is 1.96. The van der Waals surface area contributed by atoms with Crippen LogP contribution in [-0.4, -0.2) is 34.0 Å². The smallest absolute Gasteiger partial charge is 0.129 e. The number of aromatic nitrogens is 1. The molecule has 0 aromatic carbocycles. The zero-order valence-corrected chi connectivity index (χ0v) is 10.4. The molecule has 0 aliphatic carbocycles. The molecule has 2 rings (SSSR count). The number of hydrogen-bond donors (Lipinski definition) is 0. The van der Waals surface area contributed by atoms with Gasteiger partial charge in [0.2, 0.25) is 0 Å². The van der Waals surface area contributed by atoms with E-state index in [4.69, 9.17) is 11.6 Å². The fourth-order valence-corrected chi connectivity index (χ4v) is 3.07. The van der Waals surface area contributed by atoms with E-state index < -0.39 is 0 Å². The molecule has 2 nitrogen and oxygen atoms in total. The van der Waals surface area contributed by atoms with Gasteiger partial charge in [0.25, 0.3) is 0 Å². The van der Waals surface area contributed by atoms with E-state index in [2.05, 4.69) is 16.8 Å². The normalized spacial score (nSPS) is 22.9. The van der Waals surface area contributed by atoms with Crippen molar-refractivity contribution in [3.8, 4) is 0 Å². The van der Waals surface area contributed by atoms with Crippen LogP contribution in [0.4, 0.5) is 0 Å². The van der Waals surface area contributed by atoms with Crippen molar-refractivity contribution < 1.29 is 0 Å². The summed E-state index contributed by atoms with van der Waals surface area (Å²) in [4.78, 5) is 6.75. The summed E-state index contributed by atoms with van der Waals surface area (Å²) >= 11 is 7.90. The molecule has 0 radical (unpaired) electrons. The Labute approximate surface area is 100 Å². The molecule has 1 unspecified atom stereocenters. The van der Waals surface area contributed by atoms with Gasteiger partial charge in [0, 0.05) is 30.6 Å². The van der Waals surface area contributed by atoms with Gasteiger partial charge in [0.1, 0.15) is 5.15 Å². The fraction of sp³-hybridized carbons (Fsp3) is 0.545. The third-order valence-corrected chi connectivity index (χ3v) is 3.83. The van der Waals surface area contributed by atoms with E-state index in [-0.39, 0.29) is 0 Å². The minimum atomic E-state index is 0.590. The van der Waals surface area contributed by atoms with Gasteiger partial charge in [0.15, 0.2) is 0 Å². The molecule has 1 aromatic heterocycles. The lowest BCUT2D eigenvalue weighted by atomic mass is 10.3. The molecule has 15 heavy (non-hydrogen) atoms. The third kappa shape index (κ3) is 3.37. The van der Waals surface area contributed by atoms with Crippen molar-refractivity contribution in [2.45, 2.75) is 18.7 Å². The molecule has 1 saturated heterocycles. The van der Waals surface area contributed by atoms with Crippen LogP contribution in [0.5, 0.6) is 0 Å². The predicted molar refractivity (Wildman–Crippen MR) is 66.4 cm³/mol. The molecule has 4 heteroatoms. The maximum absolute atomic E-state index is 5.86. The number of rotatable bonds is 2. The quantitative estimate of drug-likeness (QED) is 0.742. The topological polar surface area (TPSA) is 16.1 Å². The summed E-state index contributed by atoms with van der Waals surface area (Å²) in [5.74, 6) is 1.22. The molecule has 1 aliphatic rings. The number of nitrogens with zero attached hydrogens (tertiary/aromatic N) is 2. The molecular formula is C11H15ClN2S. The van der Waals surface area contributed by atoms with Gasteiger partial charge in [-0.05, 0) is 12.1 Å². The Kier molecular flexibility index (Phi) is 3.89. The van der Waals surface area contributed by atoms with Gasteiger partial charge < -0.3 is 0 Å². The number of pyridine rings is 1. The van der Waals surface area contributed by atoms with Crippen LogP contribution in [0.2, 0.25) is 5.15 Å². The molecule has 0 spiro atoms. The maximum atomic E-state index is 5.86. The van der Waals surface area contributed by atoms with Crippen molar-refractivity contribution in [1.82, 2.24) is 9.88 Å². The standard InChI is InChI=1S/C11H15ClN2S/c1-9-7-14(5-6-15-9)8-10-3-2-4-11(12)13-10/h2-4,9H,5-8H2,1H3. The van der Waals surface area contributed by atoms with E-state index in [1.807, 2.05) is 30.0 Å². The minimum Gasteiger partial charge on any atom is -0.296 e. The zero-order valence-electron chi connectivity index (χ0n) is 8.82. The average Bonchev–Trinajstić information content (AvgIpc) is 2.17. The number of halogens is 1. The van der Waals surface area contributed by atoms with E-state index in [9.17, 15) is 0 Å². The first-order valence-electron chi connectivity index (χ1n) is 5.19. The SMILES string of the molecule is CC1CN(Cc2cccc(Cl)n2)CCS1. The summed E-state index contributed by atoms with van der Waals surface area (Å²) in [5, 5.41) is 1.32. The molecule has 1 aromatic rings. The van der Waals surface area contributed by atoms with Crippen LogP contribution in [0.1, 0.15) is 12.6 Å². The molecule has 1 aliphatic heterocycles. The van der Waals surface area contributed by atoms with Gasteiger partial charge in [-0.15, -0.1) is 0 Å². The Bertz CT molecular complexity index is 332. The van der Waals surface area contributed by atoms with Crippen molar-refractivity contribution >= 4 is 23.4 Å². The Morgan fingerprint density at radius 1 is 1.60 bits per heavy atom. The van der Waals surface area contributed by atoms with Gasteiger partial charge in [-0.25, -0.2) is 4.98 Å². The summed E-state index contributed by atoms with van der Waals surface area (Å²) < 4.78 is 0. The van der Waals surface area contributed by atoms with Crippen LogP contribution in [0.3, 0.4) is 0 Å². The van der Waals surface area contributed by atoms with Crippen LogP contribution in [0.25, 0.3) is 0 Å². The lowest BCUT2D eigenvalue weighted by Gasteiger charge is -2.30. The summed E-state index contributed by atoms with van der Waals surface area (Å²) in [6, 6.07) is 5.82.